The van der Waals surface area contributed by atoms with Crippen LogP contribution in [0.2, 0.25) is 0 Å². The van der Waals surface area contributed by atoms with E-state index in [1.807, 2.05) is 12.1 Å². The van der Waals surface area contributed by atoms with Crippen molar-refractivity contribution < 1.29 is 22.4 Å². The third-order valence-electron chi connectivity index (χ3n) is 3.32. The fraction of sp³-hybridized carbons (Fsp3) is 0.222. The number of benzene rings is 2. The normalized spacial score (nSPS) is 12.7. The second-order valence-corrected chi connectivity index (χ2v) is 4.62. The molecular formula is C18H21Nb. The number of hydrogen-bond acceptors (Lipinski definition) is 0. The maximum atomic E-state index is 3.29. The molecule has 0 heterocycles. The first-order valence-corrected chi connectivity index (χ1v) is 5.92. The number of aryl methyl sites for hydroxylation is 1. The summed E-state index contributed by atoms with van der Waals surface area (Å²) in [4.78, 5) is 0. The molecule has 0 bridgehead atoms. The van der Waals surface area contributed by atoms with Crippen molar-refractivity contribution in [2.75, 3.05) is 0 Å². The van der Waals surface area contributed by atoms with Gasteiger partial charge in [0.05, 0.1) is 0 Å². The van der Waals surface area contributed by atoms with Gasteiger partial charge in [-0.05, 0) is 31.2 Å². The summed E-state index contributed by atoms with van der Waals surface area (Å²) in [6, 6.07) is 18.3. The number of rotatable bonds is 2. The van der Waals surface area contributed by atoms with E-state index in [0.29, 0.717) is 0 Å². The van der Waals surface area contributed by atoms with Crippen LogP contribution >= 0.6 is 0 Å². The molecular weight excluding hydrogens is 309 g/mol. The van der Waals surface area contributed by atoms with Gasteiger partial charge in [0.2, 0.25) is 0 Å². The summed E-state index contributed by atoms with van der Waals surface area (Å²) < 4.78 is 0. The molecule has 98 valence electrons. The van der Waals surface area contributed by atoms with Crippen molar-refractivity contribution >= 4 is 0 Å². The van der Waals surface area contributed by atoms with Crippen LogP contribution in [0.15, 0.2) is 42.5 Å². The quantitative estimate of drug-likeness (QED) is 0.522. The predicted molar refractivity (Wildman–Crippen MR) is 80.3 cm³/mol. The van der Waals surface area contributed by atoms with Gasteiger partial charge in [-0.25, -0.2) is 0 Å². The van der Waals surface area contributed by atoms with E-state index in [2.05, 4.69) is 43.3 Å². The zero-order valence-electron chi connectivity index (χ0n) is 12.0. The fourth-order valence-electron chi connectivity index (χ4n) is 2.22. The van der Waals surface area contributed by atoms with Gasteiger partial charge >= 0.3 is 22.4 Å². The average Bonchev–Trinajstić information content (AvgIpc) is 3.15. The third kappa shape index (κ3) is 4.07. The summed E-state index contributed by atoms with van der Waals surface area (Å²) in [6.07, 6.45) is 2.73. The minimum Gasteiger partial charge on any atom is -0.358 e. The summed E-state index contributed by atoms with van der Waals surface area (Å²) >= 11 is 0. The zero-order chi connectivity index (χ0) is 11.0. The Labute approximate surface area is 133 Å². The molecule has 3 rings (SSSR count). The van der Waals surface area contributed by atoms with Crippen molar-refractivity contribution in [1.29, 1.82) is 0 Å². The molecule has 19 heavy (non-hydrogen) atoms. The molecule has 0 aliphatic heterocycles. The summed E-state index contributed by atoms with van der Waals surface area (Å²) in [5.74, 6) is 0.823. The van der Waals surface area contributed by atoms with Crippen molar-refractivity contribution in [1.82, 2.24) is 0 Å². The molecule has 1 fully saturated rings. The van der Waals surface area contributed by atoms with Crippen molar-refractivity contribution in [2.45, 2.75) is 25.7 Å². The summed E-state index contributed by atoms with van der Waals surface area (Å²) in [5.41, 5.74) is 5.47. The molecule has 0 radical (unpaired) electrons. The summed E-state index contributed by atoms with van der Waals surface area (Å²) in [6.45, 7) is 2.21. The van der Waals surface area contributed by atoms with E-state index in [0.717, 1.165) is 5.92 Å². The second-order valence-electron chi connectivity index (χ2n) is 4.62. The van der Waals surface area contributed by atoms with Crippen LogP contribution in [-0.2, 0) is 22.4 Å². The van der Waals surface area contributed by atoms with E-state index in [1.165, 1.54) is 35.1 Å². The van der Waals surface area contributed by atoms with Crippen LogP contribution in [-0.4, -0.2) is 0 Å². The number of hydrogen-bond donors (Lipinski definition) is 0. The summed E-state index contributed by atoms with van der Waals surface area (Å²) in [5, 5.41) is 0. The standard InChI is InChI=1S/C16H15.2CH3.Nb/c1-12-7-8-15(11-16(12)14-9-10-14)13-5-3-2-4-6-13;;;/h2-5,7-8,11,14H,9-10H2,1H3;2*1H3;/q3*-1;+3. The monoisotopic (exact) mass is 330 g/mol. The second kappa shape index (κ2) is 7.69. The molecule has 1 aliphatic carbocycles. The topological polar surface area (TPSA) is 0 Å². The third-order valence-corrected chi connectivity index (χ3v) is 3.32. The molecule has 1 aliphatic rings. The summed E-state index contributed by atoms with van der Waals surface area (Å²) in [7, 11) is 0. The van der Waals surface area contributed by atoms with Crippen LogP contribution in [0.4, 0.5) is 0 Å². The molecule has 0 aromatic heterocycles. The van der Waals surface area contributed by atoms with Crippen molar-refractivity contribution in [2.24, 2.45) is 0 Å². The Hall–Kier alpha value is -0.820. The smallest absolute Gasteiger partial charge is 0.358 e. The van der Waals surface area contributed by atoms with Crippen molar-refractivity contribution in [3.8, 4) is 11.1 Å². The van der Waals surface area contributed by atoms with Gasteiger partial charge in [0.25, 0.3) is 0 Å². The van der Waals surface area contributed by atoms with Gasteiger partial charge in [-0.2, -0.15) is 0 Å². The Balaban J connectivity index is 0.00000108. The fourth-order valence-corrected chi connectivity index (χ4v) is 2.22. The van der Waals surface area contributed by atoms with Gasteiger partial charge in [-0.1, -0.05) is 29.3 Å². The minimum atomic E-state index is 0. The molecule has 2 aromatic carbocycles. The first-order valence-electron chi connectivity index (χ1n) is 5.92. The molecule has 0 unspecified atom stereocenters. The van der Waals surface area contributed by atoms with Gasteiger partial charge in [0.1, 0.15) is 0 Å². The Morgan fingerprint density at radius 2 is 1.79 bits per heavy atom. The van der Waals surface area contributed by atoms with E-state index in [4.69, 9.17) is 0 Å². The maximum Gasteiger partial charge on any atom is 3.00 e. The van der Waals surface area contributed by atoms with Gasteiger partial charge < -0.3 is 14.9 Å². The van der Waals surface area contributed by atoms with E-state index >= 15 is 0 Å². The minimum absolute atomic E-state index is 0. The van der Waals surface area contributed by atoms with Gasteiger partial charge in [0.15, 0.2) is 0 Å². The van der Waals surface area contributed by atoms with Gasteiger partial charge in [-0.3, -0.25) is 0 Å². The van der Waals surface area contributed by atoms with Crippen LogP contribution in [0.3, 0.4) is 0 Å². The Bertz CT molecular complexity index is 498. The molecule has 0 spiro atoms. The van der Waals surface area contributed by atoms with Gasteiger partial charge in [0, 0.05) is 0 Å². The SMILES string of the molecule is Cc1ccc(-c2[c-]cccc2)cc1C1CC1.[CH3-].[CH3-].[Nb+3]. The molecule has 1 saturated carbocycles. The molecule has 0 atom stereocenters. The van der Waals surface area contributed by atoms with E-state index < -0.39 is 0 Å². The molecule has 2 aromatic rings. The van der Waals surface area contributed by atoms with E-state index in [-0.39, 0.29) is 37.2 Å². The van der Waals surface area contributed by atoms with Crippen LogP contribution in [0.1, 0.15) is 29.9 Å². The van der Waals surface area contributed by atoms with Crippen LogP contribution in [0.5, 0.6) is 0 Å². The van der Waals surface area contributed by atoms with Crippen molar-refractivity contribution in [3.05, 3.63) is 74.5 Å². The molecule has 0 N–H and O–H groups in total. The van der Waals surface area contributed by atoms with E-state index in [9.17, 15) is 0 Å². The Morgan fingerprint density at radius 1 is 1.05 bits per heavy atom. The van der Waals surface area contributed by atoms with Crippen LogP contribution in [0.25, 0.3) is 11.1 Å². The van der Waals surface area contributed by atoms with Crippen LogP contribution in [0, 0.1) is 27.8 Å². The van der Waals surface area contributed by atoms with Crippen LogP contribution < -0.4 is 0 Å². The first-order chi connectivity index (χ1) is 7.84. The predicted octanol–water partition coefficient (Wildman–Crippen LogP) is 5.24. The van der Waals surface area contributed by atoms with Gasteiger partial charge in [-0.15, -0.1) is 35.9 Å². The molecule has 0 nitrogen and oxygen atoms in total. The largest absolute Gasteiger partial charge is 3.00 e. The van der Waals surface area contributed by atoms with Crippen molar-refractivity contribution in [3.63, 3.8) is 0 Å². The Morgan fingerprint density at radius 3 is 2.37 bits per heavy atom. The maximum absolute atomic E-state index is 3.29. The first kappa shape index (κ1) is 18.2. The van der Waals surface area contributed by atoms with E-state index in [1.54, 1.807) is 0 Å². The molecule has 0 amide bonds. The molecule has 1 heteroatoms. The Kier molecular flexibility index (Phi) is 7.36. The zero-order valence-corrected chi connectivity index (χ0v) is 14.2. The average molecular weight is 330 g/mol. The molecule has 0 saturated heterocycles.